The molecule has 0 unspecified atom stereocenters. The van der Waals surface area contributed by atoms with Gasteiger partial charge in [-0.05, 0) is 86.7 Å². The van der Waals surface area contributed by atoms with Crippen LogP contribution in [-0.4, -0.2) is 40.0 Å². The van der Waals surface area contributed by atoms with E-state index in [4.69, 9.17) is 27.1 Å². The zero-order chi connectivity index (χ0) is 29.1. The van der Waals surface area contributed by atoms with Gasteiger partial charge in [0.2, 0.25) is 5.91 Å². The predicted molar refractivity (Wildman–Crippen MR) is 152 cm³/mol. The van der Waals surface area contributed by atoms with Gasteiger partial charge in [0, 0.05) is 28.3 Å². The van der Waals surface area contributed by atoms with E-state index >= 15 is 0 Å². The molecule has 41 heavy (non-hydrogen) atoms. The number of benzene rings is 2. The predicted octanol–water partition coefficient (Wildman–Crippen LogP) is 4.56. The summed E-state index contributed by atoms with van der Waals surface area (Å²) in [5.74, 6) is -1.23. The maximum absolute atomic E-state index is 13.7. The van der Waals surface area contributed by atoms with Gasteiger partial charge < -0.3 is 20.9 Å². The molecule has 1 aliphatic heterocycles. The fourth-order valence-electron chi connectivity index (χ4n) is 5.38. The van der Waals surface area contributed by atoms with Gasteiger partial charge in [0.25, 0.3) is 5.91 Å². The SMILES string of the molecule is Cc1cnc2c(Cl)cc(C(=O)NC[C@](O)(c3cc4c(c(-c5ccc(F)cc5)n3)OC[C@]4(C)C(N)=O)C3CC3)cc2c1. The van der Waals surface area contributed by atoms with E-state index in [1.54, 1.807) is 43.5 Å². The Morgan fingerprint density at radius 1 is 1.22 bits per heavy atom. The molecule has 2 aliphatic rings. The fraction of sp³-hybridized carbons (Fsp3) is 0.290. The number of amides is 2. The summed E-state index contributed by atoms with van der Waals surface area (Å²) < 4.78 is 19.6. The topological polar surface area (TPSA) is 127 Å². The molecule has 6 rings (SSSR count). The lowest BCUT2D eigenvalue weighted by Crippen LogP contribution is -2.44. The molecule has 4 N–H and O–H groups in total. The van der Waals surface area contributed by atoms with Crippen LogP contribution in [0.2, 0.25) is 5.02 Å². The summed E-state index contributed by atoms with van der Waals surface area (Å²) in [6.45, 7) is 3.45. The van der Waals surface area contributed by atoms with Crippen molar-refractivity contribution in [2.24, 2.45) is 11.7 Å². The lowest BCUT2D eigenvalue weighted by Gasteiger charge is -2.30. The van der Waals surface area contributed by atoms with Crippen LogP contribution in [0.5, 0.6) is 5.75 Å². The van der Waals surface area contributed by atoms with Crippen LogP contribution in [0, 0.1) is 18.7 Å². The van der Waals surface area contributed by atoms with Crippen molar-refractivity contribution in [3.63, 3.8) is 0 Å². The number of aromatic nitrogens is 2. The van der Waals surface area contributed by atoms with Gasteiger partial charge in [-0.1, -0.05) is 11.6 Å². The highest BCUT2D eigenvalue weighted by molar-refractivity contribution is 6.35. The van der Waals surface area contributed by atoms with Gasteiger partial charge in [-0.25, -0.2) is 9.37 Å². The van der Waals surface area contributed by atoms with E-state index in [1.165, 1.54) is 12.1 Å². The van der Waals surface area contributed by atoms with E-state index in [-0.39, 0.29) is 24.8 Å². The molecule has 1 aliphatic carbocycles. The van der Waals surface area contributed by atoms with Crippen molar-refractivity contribution >= 4 is 34.3 Å². The fourth-order valence-corrected chi connectivity index (χ4v) is 5.66. The number of rotatable bonds is 7. The molecule has 0 saturated heterocycles. The highest BCUT2D eigenvalue weighted by Crippen LogP contribution is 2.50. The Hall–Kier alpha value is -4.08. The van der Waals surface area contributed by atoms with E-state index in [0.29, 0.717) is 38.7 Å². The molecule has 210 valence electrons. The number of hydrogen-bond acceptors (Lipinski definition) is 6. The van der Waals surface area contributed by atoms with Crippen LogP contribution in [0.25, 0.3) is 22.2 Å². The van der Waals surface area contributed by atoms with Crippen LogP contribution in [0.3, 0.4) is 0 Å². The van der Waals surface area contributed by atoms with E-state index < -0.39 is 28.6 Å². The number of fused-ring (bicyclic) bond motifs is 2. The van der Waals surface area contributed by atoms with Crippen LogP contribution in [0.1, 0.15) is 46.9 Å². The Morgan fingerprint density at radius 3 is 2.63 bits per heavy atom. The summed E-state index contributed by atoms with van der Waals surface area (Å²) in [6, 6.07) is 12.5. The number of nitrogens with two attached hydrogens (primary N) is 1. The van der Waals surface area contributed by atoms with Crippen molar-refractivity contribution in [2.75, 3.05) is 13.2 Å². The zero-order valence-corrected chi connectivity index (χ0v) is 23.3. The second-order valence-electron chi connectivity index (χ2n) is 11.1. The molecule has 0 spiro atoms. The Balaban J connectivity index is 1.39. The molecule has 10 heteroatoms. The summed E-state index contributed by atoms with van der Waals surface area (Å²) in [5, 5.41) is 16.0. The highest BCUT2D eigenvalue weighted by atomic mass is 35.5. The second-order valence-corrected chi connectivity index (χ2v) is 11.6. The number of aliphatic hydroxyl groups is 1. The highest BCUT2D eigenvalue weighted by Gasteiger charge is 2.50. The Bertz CT molecular complexity index is 1730. The van der Waals surface area contributed by atoms with E-state index in [9.17, 15) is 19.1 Å². The van der Waals surface area contributed by atoms with Gasteiger partial charge in [-0.15, -0.1) is 0 Å². The van der Waals surface area contributed by atoms with Crippen molar-refractivity contribution in [3.05, 3.63) is 88.0 Å². The van der Waals surface area contributed by atoms with Gasteiger partial charge in [-0.3, -0.25) is 14.6 Å². The van der Waals surface area contributed by atoms with Crippen molar-refractivity contribution in [1.29, 1.82) is 0 Å². The van der Waals surface area contributed by atoms with Gasteiger partial charge >= 0.3 is 0 Å². The maximum atomic E-state index is 13.7. The number of nitrogens with zero attached hydrogens (tertiary/aromatic N) is 2. The number of nitrogens with one attached hydrogen (secondary N) is 1. The largest absolute Gasteiger partial charge is 0.489 e. The molecule has 8 nitrogen and oxygen atoms in total. The minimum Gasteiger partial charge on any atom is -0.489 e. The van der Waals surface area contributed by atoms with Crippen molar-refractivity contribution in [2.45, 2.75) is 37.7 Å². The average Bonchev–Trinajstić information content (AvgIpc) is 3.75. The Morgan fingerprint density at radius 2 is 1.95 bits per heavy atom. The number of ether oxygens (including phenoxy) is 1. The normalized spacial score (nSPS) is 19.3. The van der Waals surface area contributed by atoms with Crippen LogP contribution in [0.4, 0.5) is 4.39 Å². The summed E-state index contributed by atoms with van der Waals surface area (Å²) >= 11 is 6.42. The molecule has 0 bridgehead atoms. The first-order valence-corrected chi connectivity index (χ1v) is 13.7. The molecular formula is C31H28ClFN4O4. The monoisotopic (exact) mass is 574 g/mol. The van der Waals surface area contributed by atoms with Crippen molar-refractivity contribution < 1.29 is 23.8 Å². The van der Waals surface area contributed by atoms with E-state index in [0.717, 1.165) is 23.8 Å². The van der Waals surface area contributed by atoms with Gasteiger partial charge in [0.15, 0.2) is 0 Å². The van der Waals surface area contributed by atoms with Crippen molar-refractivity contribution in [1.82, 2.24) is 15.3 Å². The third kappa shape index (κ3) is 4.69. The quantitative estimate of drug-likeness (QED) is 0.297. The summed E-state index contributed by atoms with van der Waals surface area (Å²) in [4.78, 5) is 35.0. The lowest BCUT2D eigenvalue weighted by molar-refractivity contribution is -0.123. The third-order valence-corrected chi connectivity index (χ3v) is 8.37. The number of primary amides is 1. The van der Waals surface area contributed by atoms with Gasteiger partial charge in [0.05, 0.1) is 22.8 Å². The molecular weight excluding hydrogens is 547 g/mol. The molecule has 2 atom stereocenters. The number of carbonyl (C=O) groups is 2. The summed E-state index contributed by atoms with van der Waals surface area (Å²) in [5.41, 5.74) is 6.60. The minimum atomic E-state index is -1.56. The van der Waals surface area contributed by atoms with E-state index in [1.807, 2.05) is 13.0 Å². The van der Waals surface area contributed by atoms with Crippen LogP contribution < -0.4 is 15.8 Å². The standard InChI is InChI=1S/C31H28ClFN4O4/c1-16-9-18-10-19(11-23(32)25(18)35-13-16)28(38)36-14-31(40,20-5-6-20)24-12-22-27(41-15-30(22,2)29(34)39)26(37-24)17-3-7-21(33)8-4-17/h3-4,7-13,20,40H,5-6,14-15H2,1-2H3,(H2,34,39)(H,36,38)/t30-,31+/m0/s1. The Labute approximate surface area is 240 Å². The van der Waals surface area contributed by atoms with Gasteiger partial charge in [0.1, 0.15) is 34.9 Å². The number of halogens is 2. The summed E-state index contributed by atoms with van der Waals surface area (Å²) in [7, 11) is 0. The molecule has 3 heterocycles. The number of aryl methyl sites for hydroxylation is 1. The number of hydrogen-bond donors (Lipinski definition) is 3. The van der Waals surface area contributed by atoms with Crippen LogP contribution in [0.15, 0.2) is 54.7 Å². The first-order valence-electron chi connectivity index (χ1n) is 13.3. The second kappa shape index (κ2) is 9.78. The molecule has 2 amide bonds. The van der Waals surface area contributed by atoms with Crippen LogP contribution >= 0.6 is 11.6 Å². The zero-order valence-electron chi connectivity index (χ0n) is 22.5. The molecule has 0 radical (unpaired) electrons. The average molecular weight is 575 g/mol. The third-order valence-electron chi connectivity index (χ3n) is 8.08. The number of carbonyl (C=O) groups excluding carboxylic acids is 2. The Kier molecular flexibility index (Phi) is 6.47. The first-order chi connectivity index (χ1) is 19.5. The minimum absolute atomic E-state index is 0.00659. The number of pyridine rings is 2. The molecule has 2 aromatic heterocycles. The summed E-state index contributed by atoms with van der Waals surface area (Å²) in [6.07, 6.45) is 3.17. The van der Waals surface area contributed by atoms with Crippen LogP contribution in [-0.2, 0) is 15.8 Å². The van der Waals surface area contributed by atoms with Gasteiger partial charge in [-0.2, -0.15) is 0 Å². The molecule has 1 fully saturated rings. The smallest absolute Gasteiger partial charge is 0.251 e. The lowest BCUT2D eigenvalue weighted by atomic mass is 9.81. The van der Waals surface area contributed by atoms with E-state index in [2.05, 4.69) is 10.3 Å². The molecule has 2 aromatic carbocycles. The van der Waals surface area contributed by atoms with Crippen molar-refractivity contribution in [3.8, 4) is 17.0 Å². The molecule has 4 aromatic rings. The maximum Gasteiger partial charge on any atom is 0.251 e. The first kappa shape index (κ1) is 27.1. The molecule has 1 saturated carbocycles.